The van der Waals surface area contributed by atoms with E-state index in [4.69, 9.17) is 0 Å². The quantitative estimate of drug-likeness (QED) is 0.628. The Morgan fingerprint density at radius 2 is 2.19 bits per heavy atom. The Hall–Kier alpha value is -1.49. The molecule has 0 saturated heterocycles. The number of pyridine rings is 1. The molecule has 5 heteroatoms. The van der Waals surface area contributed by atoms with Gasteiger partial charge < -0.3 is 5.11 Å². The van der Waals surface area contributed by atoms with Crippen LogP contribution in [0.5, 0.6) is 0 Å². The molecule has 1 unspecified atom stereocenters. The molecule has 1 atom stereocenters. The summed E-state index contributed by atoms with van der Waals surface area (Å²) in [6.07, 6.45) is 2.36. The maximum absolute atomic E-state index is 10.7. The highest BCUT2D eigenvalue weighted by Gasteiger charge is 2.25. The Morgan fingerprint density at radius 1 is 1.56 bits per heavy atom. The molecule has 0 spiro atoms. The lowest BCUT2D eigenvalue weighted by molar-refractivity contribution is -0.386. The summed E-state index contributed by atoms with van der Waals surface area (Å²) < 4.78 is 0. The highest BCUT2D eigenvalue weighted by molar-refractivity contribution is 5.37. The number of nitrogens with zero attached hydrogens (tertiary/aromatic N) is 2. The molecule has 1 N–H and O–H groups in total. The van der Waals surface area contributed by atoms with E-state index < -0.39 is 11.0 Å². The first-order valence-electron chi connectivity index (χ1n) is 5.07. The maximum atomic E-state index is 10.7. The van der Waals surface area contributed by atoms with Crippen molar-refractivity contribution in [2.45, 2.75) is 33.3 Å². The molecule has 0 aliphatic rings. The summed E-state index contributed by atoms with van der Waals surface area (Å²) in [7, 11) is 0. The molecule has 0 aromatic carbocycles. The Morgan fingerprint density at radius 3 is 2.69 bits per heavy atom. The second-order valence-corrected chi connectivity index (χ2v) is 4.85. The van der Waals surface area contributed by atoms with Crippen molar-refractivity contribution in [2.24, 2.45) is 5.41 Å². The Bertz CT molecular complexity index is 385. The first kappa shape index (κ1) is 12.6. The van der Waals surface area contributed by atoms with Gasteiger partial charge in [-0.2, -0.15) is 0 Å². The zero-order chi connectivity index (χ0) is 12.3. The third-order valence-corrected chi connectivity index (χ3v) is 2.50. The summed E-state index contributed by atoms with van der Waals surface area (Å²) in [5, 5.41) is 20.6. The van der Waals surface area contributed by atoms with E-state index in [-0.39, 0.29) is 17.5 Å². The molecule has 0 fully saturated rings. The van der Waals surface area contributed by atoms with Crippen molar-refractivity contribution in [3.63, 3.8) is 0 Å². The standard InChI is InChI=1S/C11H16N2O3/c1-11(2,3)10(14)6-8-4-5-12-7-9(8)13(15)16/h4-5,7,10,14H,6H2,1-3H3. The van der Waals surface area contributed by atoms with Gasteiger partial charge in [-0.15, -0.1) is 0 Å². The molecule has 0 radical (unpaired) electrons. The summed E-state index contributed by atoms with van der Waals surface area (Å²) in [6, 6.07) is 1.58. The molecule has 5 nitrogen and oxygen atoms in total. The van der Waals surface area contributed by atoms with E-state index >= 15 is 0 Å². The average molecular weight is 224 g/mol. The molecule has 0 saturated carbocycles. The predicted molar refractivity (Wildman–Crippen MR) is 60.1 cm³/mol. The maximum Gasteiger partial charge on any atom is 0.290 e. The summed E-state index contributed by atoms with van der Waals surface area (Å²) >= 11 is 0. The largest absolute Gasteiger partial charge is 0.392 e. The molecule has 0 amide bonds. The van der Waals surface area contributed by atoms with Crippen LogP contribution in [-0.4, -0.2) is 21.1 Å². The van der Waals surface area contributed by atoms with Crippen LogP contribution in [0, 0.1) is 15.5 Å². The molecule has 0 aliphatic carbocycles. The number of hydrogen-bond acceptors (Lipinski definition) is 4. The number of aliphatic hydroxyl groups is 1. The zero-order valence-corrected chi connectivity index (χ0v) is 9.67. The third-order valence-electron chi connectivity index (χ3n) is 2.50. The van der Waals surface area contributed by atoms with E-state index in [0.717, 1.165) is 0 Å². The van der Waals surface area contributed by atoms with Crippen LogP contribution in [0.3, 0.4) is 0 Å². The van der Waals surface area contributed by atoms with Crippen molar-refractivity contribution in [1.29, 1.82) is 0 Å². The van der Waals surface area contributed by atoms with Crippen molar-refractivity contribution >= 4 is 5.69 Å². The fourth-order valence-corrected chi connectivity index (χ4v) is 1.27. The Kier molecular flexibility index (Phi) is 3.59. The molecule has 16 heavy (non-hydrogen) atoms. The molecule has 1 heterocycles. The summed E-state index contributed by atoms with van der Waals surface area (Å²) in [4.78, 5) is 14.0. The lowest BCUT2D eigenvalue weighted by atomic mass is 9.85. The fraction of sp³-hybridized carbons (Fsp3) is 0.545. The molecule has 88 valence electrons. The minimum absolute atomic E-state index is 0.0363. The first-order chi connectivity index (χ1) is 7.32. The van der Waals surface area contributed by atoms with Crippen LogP contribution < -0.4 is 0 Å². The van der Waals surface area contributed by atoms with Crippen molar-refractivity contribution in [3.05, 3.63) is 34.1 Å². The molecule has 0 aliphatic heterocycles. The van der Waals surface area contributed by atoms with Crippen LogP contribution in [-0.2, 0) is 6.42 Å². The van der Waals surface area contributed by atoms with Gasteiger partial charge in [-0.1, -0.05) is 20.8 Å². The second-order valence-electron chi connectivity index (χ2n) is 4.85. The van der Waals surface area contributed by atoms with Gasteiger partial charge >= 0.3 is 0 Å². The lowest BCUT2D eigenvalue weighted by Gasteiger charge is -2.25. The zero-order valence-electron chi connectivity index (χ0n) is 9.67. The number of hydrogen-bond donors (Lipinski definition) is 1. The van der Waals surface area contributed by atoms with Gasteiger partial charge in [0.05, 0.1) is 11.0 Å². The van der Waals surface area contributed by atoms with Gasteiger partial charge in [0.2, 0.25) is 0 Å². The van der Waals surface area contributed by atoms with Crippen molar-refractivity contribution in [2.75, 3.05) is 0 Å². The van der Waals surface area contributed by atoms with E-state index in [0.29, 0.717) is 5.56 Å². The molecule has 1 rings (SSSR count). The summed E-state index contributed by atoms with van der Waals surface area (Å²) in [5.41, 5.74) is 0.185. The minimum atomic E-state index is -0.617. The van der Waals surface area contributed by atoms with Crippen LogP contribution in [0.1, 0.15) is 26.3 Å². The minimum Gasteiger partial charge on any atom is -0.392 e. The van der Waals surface area contributed by atoms with Crippen molar-refractivity contribution in [1.82, 2.24) is 4.98 Å². The Labute approximate surface area is 94.3 Å². The SMILES string of the molecule is CC(C)(C)C(O)Cc1ccncc1[N+](=O)[O-]. The normalized spacial score (nSPS) is 13.5. The molecule has 0 bridgehead atoms. The van der Waals surface area contributed by atoms with Gasteiger partial charge in [-0.05, 0) is 11.5 Å². The van der Waals surface area contributed by atoms with Gasteiger partial charge in [0.25, 0.3) is 5.69 Å². The van der Waals surface area contributed by atoms with E-state index in [9.17, 15) is 15.2 Å². The van der Waals surface area contributed by atoms with Gasteiger partial charge in [0.1, 0.15) is 6.20 Å². The molecular formula is C11H16N2O3. The molecular weight excluding hydrogens is 208 g/mol. The van der Waals surface area contributed by atoms with Gasteiger partial charge in [-0.3, -0.25) is 15.1 Å². The van der Waals surface area contributed by atoms with E-state index in [2.05, 4.69) is 4.98 Å². The number of aliphatic hydroxyl groups excluding tert-OH is 1. The van der Waals surface area contributed by atoms with Crippen LogP contribution in [0.15, 0.2) is 18.5 Å². The first-order valence-corrected chi connectivity index (χ1v) is 5.07. The number of nitro groups is 1. The summed E-state index contributed by atoms with van der Waals surface area (Å²) in [6.45, 7) is 5.68. The predicted octanol–water partition coefficient (Wildman–Crippen LogP) is 1.94. The van der Waals surface area contributed by atoms with Gasteiger partial charge in [-0.25, -0.2) is 0 Å². The number of rotatable bonds is 3. The van der Waals surface area contributed by atoms with Crippen molar-refractivity contribution in [3.8, 4) is 0 Å². The molecule has 1 aromatic heterocycles. The van der Waals surface area contributed by atoms with Crippen LogP contribution in [0.25, 0.3) is 0 Å². The van der Waals surface area contributed by atoms with Gasteiger partial charge in [0.15, 0.2) is 0 Å². The fourth-order valence-electron chi connectivity index (χ4n) is 1.27. The van der Waals surface area contributed by atoms with Gasteiger partial charge in [0, 0.05) is 18.2 Å². The van der Waals surface area contributed by atoms with Crippen LogP contribution in [0.4, 0.5) is 5.69 Å². The smallest absolute Gasteiger partial charge is 0.290 e. The van der Waals surface area contributed by atoms with E-state index in [1.165, 1.54) is 12.4 Å². The summed E-state index contributed by atoms with van der Waals surface area (Å²) in [5.74, 6) is 0. The van der Waals surface area contributed by atoms with E-state index in [1.807, 2.05) is 20.8 Å². The Balaban J connectivity index is 2.93. The van der Waals surface area contributed by atoms with Crippen LogP contribution in [0.2, 0.25) is 0 Å². The highest BCUT2D eigenvalue weighted by Crippen LogP contribution is 2.25. The second kappa shape index (κ2) is 4.57. The van der Waals surface area contributed by atoms with E-state index in [1.54, 1.807) is 6.07 Å². The average Bonchev–Trinajstić information content (AvgIpc) is 2.16. The monoisotopic (exact) mass is 224 g/mol. The van der Waals surface area contributed by atoms with Crippen molar-refractivity contribution < 1.29 is 10.0 Å². The third kappa shape index (κ3) is 3.00. The van der Waals surface area contributed by atoms with Crippen LogP contribution >= 0.6 is 0 Å². The number of aromatic nitrogens is 1. The highest BCUT2D eigenvalue weighted by atomic mass is 16.6. The molecule has 1 aromatic rings. The lowest BCUT2D eigenvalue weighted by Crippen LogP contribution is -2.28. The topological polar surface area (TPSA) is 76.3 Å².